The standard InChI is InChI=1S/C11H12Br2OS/c1-15-10-4-2-3-8(7-13)11(10)9(14)5-6-12/h2-4H,5-7H2,1H3. The van der Waals surface area contributed by atoms with Crippen molar-refractivity contribution in [2.45, 2.75) is 16.6 Å². The second kappa shape index (κ2) is 6.71. The molecule has 0 heterocycles. The molecule has 0 aliphatic rings. The smallest absolute Gasteiger partial charge is 0.165 e. The van der Waals surface area contributed by atoms with Gasteiger partial charge in [-0.3, -0.25) is 4.79 Å². The highest BCUT2D eigenvalue weighted by Gasteiger charge is 2.14. The van der Waals surface area contributed by atoms with E-state index in [1.807, 2.05) is 24.5 Å². The molecule has 0 amide bonds. The first-order chi connectivity index (χ1) is 7.24. The Morgan fingerprint density at radius 1 is 1.40 bits per heavy atom. The Hall–Kier alpha value is 0.200. The molecule has 0 saturated heterocycles. The van der Waals surface area contributed by atoms with Crippen LogP contribution >= 0.6 is 43.6 Å². The first-order valence-electron chi connectivity index (χ1n) is 4.55. The normalized spacial score (nSPS) is 10.3. The van der Waals surface area contributed by atoms with Gasteiger partial charge in [-0.1, -0.05) is 44.0 Å². The lowest BCUT2D eigenvalue weighted by molar-refractivity contribution is 0.0986. The molecular formula is C11H12Br2OS. The molecule has 1 aromatic rings. The maximum atomic E-state index is 11.9. The molecule has 0 radical (unpaired) electrons. The van der Waals surface area contributed by atoms with Gasteiger partial charge in [0.1, 0.15) is 0 Å². The second-order valence-corrected chi connectivity index (χ2v) is 5.19. The Labute approximate surface area is 111 Å². The van der Waals surface area contributed by atoms with Crippen LogP contribution in [0.5, 0.6) is 0 Å². The predicted molar refractivity (Wildman–Crippen MR) is 73.6 cm³/mol. The average Bonchev–Trinajstić information content (AvgIpc) is 2.28. The molecule has 1 nitrogen and oxygen atoms in total. The van der Waals surface area contributed by atoms with Crippen LogP contribution in [0.3, 0.4) is 0 Å². The van der Waals surface area contributed by atoms with Crippen molar-refractivity contribution in [2.24, 2.45) is 0 Å². The van der Waals surface area contributed by atoms with Crippen molar-refractivity contribution in [1.29, 1.82) is 0 Å². The van der Waals surface area contributed by atoms with Gasteiger partial charge in [-0.15, -0.1) is 11.8 Å². The molecule has 0 N–H and O–H groups in total. The Morgan fingerprint density at radius 3 is 2.67 bits per heavy atom. The van der Waals surface area contributed by atoms with Crippen molar-refractivity contribution in [3.8, 4) is 0 Å². The number of hydrogen-bond donors (Lipinski definition) is 0. The third kappa shape index (κ3) is 3.33. The van der Waals surface area contributed by atoms with E-state index in [2.05, 4.69) is 31.9 Å². The van der Waals surface area contributed by atoms with Crippen molar-refractivity contribution >= 4 is 49.4 Å². The lowest BCUT2D eigenvalue weighted by Gasteiger charge is -2.10. The average molecular weight is 352 g/mol. The zero-order chi connectivity index (χ0) is 11.3. The molecule has 0 aliphatic heterocycles. The molecule has 0 fully saturated rings. The minimum Gasteiger partial charge on any atom is -0.294 e. The van der Waals surface area contributed by atoms with Gasteiger partial charge < -0.3 is 0 Å². The van der Waals surface area contributed by atoms with E-state index in [-0.39, 0.29) is 5.78 Å². The zero-order valence-electron chi connectivity index (χ0n) is 8.43. The second-order valence-electron chi connectivity index (χ2n) is 2.99. The van der Waals surface area contributed by atoms with Crippen LogP contribution in [0.2, 0.25) is 0 Å². The van der Waals surface area contributed by atoms with E-state index in [0.29, 0.717) is 6.42 Å². The summed E-state index contributed by atoms with van der Waals surface area (Å²) in [6.07, 6.45) is 2.55. The summed E-state index contributed by atoms with van der Waals surface area (Å²) < 4.78 is 0. The molecule has 82 valence electrons. The number of halogens is 2. The molecule has 0 bridgehead atoms. The minimum atomic E-state index is 0.214. The summed E-state index contributed by atoms with van der Waals surface area (Å²) in [5.74, 6) is 0.214. The number of benzene rings is 1. The Balaban J connectivity index is 3.15. The van der Waals surface area contributed by atoms with Gasteiger partial charge in [-0.05, 0) is 17.9 Å². The summed E-state index contributed by atoms with van der Waals surface area (Å²) in [6.45, 7) is 0. The van der Waals surface area contributed by atoms with E-state index >= 15 is 0 Å². The molecule has 0 atom stereocenters. The van der Waals surface area contributed by atoms with Crippen LogP contribution in [-0.4, -0.2) is 17.4 Å². The van der Waals surface area contributed by atoms with Gasteiger partial charge in [0, 0.05) is 27.5 Å². The van der Waals surface area contributed by atoms with Gasteiger partial charge in [0.05, 0.1) is 0 Å². The predicted octanol–water partition coefficient (Wildman–Crippen LogP) is 4.27. The summed E-state index contributed by atoms with van der Waals surface area (Å²) in [6, 6.07) is 5.99. The lowest BCUT2D eigenvalue weighted by Crippen LogP contribution is -2.05. The quantitative estimate of drug-likeness (QED) is 0.447. The largest absolute Gasteiger partial charge is 0.294 e. The number of ketones is 1. The Bertz CT molecular complexity index is 330. The van der Waals surface area contributed by atoms with Crippen LogP contribution in [0.15, 0.2) is 23.1 Å². The van der Waals surface area contributed by atoms with Gasteiger partial charge in [0.15, 0.2) is 5.78 Å². The number of carbonyl (C=O) groups excluding carboxylic acids is 1. The number of thioether (sulfide) groups is 1. The molecule has 4 heteroatoms. The van der Waals surface area contributed by atoms with Gasteiger partial charge in [0.2, 0.25) is 0 Å². The monoisotopic (exact) mass is 350 g/mol. The van der Waals surface area contributed by atoms with Crippen LogP contribution in [0.25, 0.3) is 0 Å². The molecule has 15 heavy (non-hydrogen) atoms. The van der Waals surface area contributed by atoms with E-state index in [4.69, 9.17) is 0 Å². The van der Waals surface area contributed by atoms with Crippen LogP contribution in [0.1, 0.15) is 22.3 Å². The van der Waals surface area contributed by atoms with Crippen molar-refractivity contribution in [2.75, 3.05) is 11.6 Å². The van der Waals surface area contributed by atoms with Crippen molar-refractivity contribution in [1.82, 2.24) is 0 Å². The van der Waals surface area contributed by atoms with Gasteiger partial charge in [0.25, 0.3) is 0 Å². The van der Waals surface area contributed by atoms with Crippen LogP contribution < -0.4 is 0 Å². The fourth-order valence-electron chi connectivity index (χ4n) is 1.39. The highest BCUT2D eigenvalue weighted by molar-refractivity contribution is 9.09. The first kappa shape index (κ1) is 13.3. The maximum Gasteiger partial charge on any atom is 0.165 e. The molecule has 1 rings (SSSR count). The number of carbonyl (C=O) groups is 1. The molecule has 0 spiro atoms. The van der Waals surface area contributed by atoms with Gasteiger partial charge in [-0.25, -0.2) is 0 Å². The Morgan fingerprint density at radius 2 is 2.13 bits per heavy atom. The SMILES string of the molecule is CSc1cccc(CBr)c1C(=O)CCBr. The summed E-state index contributed by atoms with van der Waals surface area (Å²) >= 11 is 8.34. The topological polar surface area (TPSA) is 17.1 Å². The van der Waals surface area contributed by atoms with E-state index in [1.165, 1.54) is 0 Å². The van der Waals surface area contributed by atoms with Crippen LogP contribution in [-0.2, 0) is 5.33 Å². The summed E-state index contributed by atoms with van der Waals surface area (Å²) in [4.78, 5) is 13.0. The van der Waals surface area contributed by atoms with Crippen LogP contribution in [0.4, 0.5) is 0 Å². The number of hydrogen-bond acceptors (Lipinski definition) is 2. The molecule has 0 aromatic heterocycles. The van der Waals surface area contributed by atoms with Gasteiger partial charge >= 0.3 is 0 Å². The summed E-state index contributed by atoms with van der Waals surface area (Å²) in [5, 5.41) is 1.45. The number of rotatable bonds is 5. The number of Topliss-reactive ketones (excluding diaryl/α,β-unsaturated/α-hetero) is 1. The highest BCUT2D eigenvalue weighted by Crippen LogP contribution is 2.26. The van der Waals surface area contributed by atoms with Crippen molar-refractivity contribution in [3.63, 3.8) is 0 Å². The molecular weight excluding hydrogens is 340 g/mol. The Kier molecular flexibility index (Phi) is 5.94. The van der Waals surface area contributed by atoms with E-state index < -0.39 is 0 Å². The minimum absolute atomic E-state index is 0.214. The van der Waals surface area contributed by atoms with E-state index in [1.54, 1.807) is 11.8 Å². The molecule has 0 unspecified atom stereocenters. The number of alkyl halides is 2. The third-order valence-corrected chi connectivity index (χ3v) is 3.86. The zero-order valence-corrected chi connectivity index (χ0v) is 12.4. The molecule has 0 saturated carbocycles. The summed E-state index contributed by atoms with van der Waals surface area (Å²) in [7, 11) is 0. The lowest BCUT2D eigenvalue weighted by atomic mass is 10.0. The molecule has 0 aliphatic carbocycles. The summed E-state index contributed by atoms with van der Waals surface area (Å²) in [5.41, 5.74) is 1.95. The first-order valence-corrected chi connectivity index (χ1v) is 8.02. The fraction of sp³-hybridized carbons (Fsp3) is 0.364. The fourth-order valence-corrected chi connectivity index (χ4v) is 2.88. The highest BCUT2D eigenvalue weighted by atomic mass is 79.9. The molecule has 1 aromatic carbocycles. The van der Waals surface area contributed by atoms with Crippen molar-refractivity contribution in [3.05, 3.63) is 29.3 Å². The van der Waals surface area contributed by atoms with Crippen LogP contribution in [0, 0.1) is 0 Å². The third-order valence-electron chi connectivity index (χ3n) is 2.08. The maximum absolute atomic E-state index is 11.9. The van der Waals surface area contributed by atoms with E-state index in [0.717, 1.165) is 26.7 Å². The van der Waals surface area contributed by atoms with Gasteiger partial charge in [-0.2, -0.15) is 0 Å². The van der Waals surface area contributed by atoms with E-state index in [9.17, 15) is 4.79 Å². The van der Waals surface area contributed by atoms with Crippen molar-refractivity contribution < 1.29 is 4.79 Å².